The third-order valence-electron chi connectivity index (χ3n) is 4.79. The van der Waals surface area contributed by atoms with Crippen molar-refractivity contribution in [1.29, 1.82) is 0 Å². The van der Waals surface area contributed by atoms with E-state index in [1.54, 1.807) is 0 Å². The maximum Gasteiger partial charge on any atom is 0.328 e. The monoisotopic (exact) mass is 413 g/mol. The summed E-state index contributed by atoms with van der Waals surface area (Å²) < 4.78 is 23.2. The number of phenols is 3. The first-order chi connectivity index (χ1) is 12.9. The summed E-state index contributed by atoms with van der Waals surface area (Å²) in [7, 11) is -4.13. The van der Waals surface area contributed by atoms with E-state index in [-0.39, 0.29) is 12.0 Å². The Balaban J connectivity index is 1.87. The Hall–Kier alpha value is -3.35. The Morgan fingerprint density at radius 1 is 1.29 bits per heavy atom. The highest BCUT2D eigenvalue weighted by Gasteiger charge is 2.69. The van der Waals surface area contributed by atoms with Crippen molar-refractivity contribution in [2.75, 3.05) is 0 Å². The Labute approximate surface area is 157 Å². The minimum absolute atomic E-state index is 0.307. The zero-order valence-corrected chi connectivity index (χ0v) is 15.0. The summed E-state index contributed by atoms with van der Waals surface area (Å²) in [5, 5.41) is 39.7. The fourth-order valence-corrected chi connectivity index (χ4v) is 5.43. The number of nitrogens with zero attached hydrogens (tertiary/aromatic N) is 2. The predicted octanol–water partition coefficient (Wildman–Crippen LogP) is -1.28. The molecule has 1 aromatic carbocycles. The number of amides is 2. The van der Waals surface area contributed by atoms with Gasteiger partial charge in [0.25, 0.3) is 5.91 Å². The summed E-state index contributed by atoms with van der Waals surface area (Å²) in [6, 6.07) is -0.0388. The molecule has 0 aliphatic carbocycles. The maximum absolute atomic E-state index is 12.7. The molecule has 12 nitrogen and oxygen atoms in total. The Kier molecular flexibility index (Phi) is 4.22. The molecule has 2 heterocycles. The van der Waals surface area contributed by atoms with Crippen LogP contribution in [0.2, 0.25) is 0 Å². The minimum atomic E-state index is -4.13. The van der Waals surface area contributed by atoms with Crippen LogP contribution in [0.5, 0.6) is 17.2 Å². The molecule has 28 heavy (non-hydrogen) atoms. The van der Waals surface area contributed by atoms with Gasteiger partial charge in [0.15, 0.2) is 33.1 Å². The number of benzene rings is 1. The Morgan fingerprint density at radius 2 is 1.86 bits per heavy atom. The van der Waals surface area contributed by atoms with Crippen LogP contribution in [-0.4, -0.2) is 73.9 Å². The number of nitrogens with one attached hydrogen (secondary N) is 1. The van der Waals surface area contributed by atoms with E-state index in [2.05, 4.69) is 5.10 Å². The van der Waals surface area contributed by atoms with E-state index < -0.39 is 61.0 Å². The van der Waals surface area contributed by atoms with Crippen LogP contribution in [0.15, 0.2) is 17.2 Å². The number of phenolic OH excluding ortho intramolecular Hbond substituents is 3. The minimum Gasteiger partial charge on any atom is -0.504 e. The van der Waals surface area contributed by atoms with Gasteiger partial charge >= 0.3 is 5.97 Å². The number of β-lactam (4-membered cyclic amide) rings is 1. The molecule has 5 N–H and O–H groups in total. The average molecular weight is 413 g/mol. The summed E-state index contributed by atoms with van der Waals surface area (Å²) in [5.74, 6) is -5.50. The number of rotatable bonds is 4. The first-order valence-corrected chi connectivity index (χ1v) is 9.33. The van der Waals surface area contributed by atoms with Crippen molar-refractivity contribution in [2.45, 2.75) is 29.5 Å². The summed E-state index contributed by atoms with van der Waals surface area (Å²) >= 11 is 0. The molecule has 3 rings (SSSR count). The smallest absolute Gasteiger partial charge is 0.328 e. The number of sulfone groups is 1. The molecule has 0 bridgehead atoms. The average Bonchev–Trinajstić information content (AvgIpc) is 2.73. The van der Waals surface area contributed by atoms with E-state index in [9.17, 15) is 43.2 Å². The number of hydrazone groups is 1. The van der Waals surface area contributed by atoms with E-state index in [0.717, 1.165) is 30.2 Å². The number of aliphatic carboxylic acids is 1. The van der Waals surface area contributed by atoms with Gasteiger partial charge in [-0.05, 0) is 19.1 Å². The molecular formula is C15H15N3O9S. The number of carbonyl (C=O) groups is 3. The molecule has 0 spiro atoms. The molecule has 2 fully saturated rings. The molecule has 2 amide bonds. The highest BCUT2D eigenvalue weighted by molar-refractivity contribution is 7.94. The molecule has 2 aliphatic heterocycles. The second kappa shape index (κ2) is 6.09. The topological polar surface area (TPSA) is 194 Å². The zero-order valence-electron chi connectivity index (χ0n) is 14.2. The molecule has 2 saturated heterocycles. The van der Waals surface area contributed by atoms with Gasteiger partial charge in [0, 0.05) is 11.8 Å². The maximum atomic E-state index is 12.7. The standard InChI is InChI=1S/C15H15N3O9S/c1-15(12(14(24)25)18-9(21)4-10(18)28(15,26)27)5-16-17-13(23)6-2-7(19)11(22)8(20)3-6/h2-3,5,10,12,19-20,22H,4H2,1H3,(H,17,23)(H,24,25)/b16-5+/t10-,12+,15+/m1/s1. The van der Waals surface area contributed by atoms with Crippen LogP contribution >= 0.6 is 0 Å². The van der Waals surface area contributed by atoms with Gasteiger partial charge in [0.05, 0.1) is 6.42 Å². The van der Waals surface area contributed by atoms with Gasteiger partial charge in [-0.2, -0.15) is 5.10 Å². The number of carboxylic acid groups (broad SMARTS) is 1. The Bertz CT molecular complexity index is 1010. The number of hydrogen-bond donors (Lipinski definition) is 5. The van der Waals surface area contributed by atoms with Crippen LogP contribution in [0.25, 0.3) is 0 Å². The first-order valence-electron chi connectivity index (χ1n) is 7.78. The van der Waals surface area contributed by atoms with Gasteiger partial charge in [-0.3, -0.25) is 9.59 Å². The summed E-state index contributed by atoms with van der Waals surface area (Å²) in [6.07, 6.45) is 0.401. The number of fused-ring (bicyclic) bond motifs is 1. The van der Waals surface area contributed by atoms with Gasteiger partial charge in [-0.25, -0.2) is 18.6 Å². The number of aromatic hydroxyl groups is 3. The normalized spacial score (nSPS) is 28.0. The lowest BCUT2D eigenvalue weighted by Gasteiger charge is -2.35. The molecule has 0 aromatic heterocycles. The zero-order chi connectivity index (χ0) is 21.0. The highest BCUT2D eigenvalue weighted by Crippen LogP contribution is 2.45. The highest BCUT2D eigenvalue weighted by atomic mass is 32.2. The lowest BCUT2D eigenvalue weighted by atomic mass is 9.97. The van der Waals surface area contributed by atoms with E-state index in [1.807, 2.05) is 5.43 Å². The Morgan fingerprint density at radius 3 is 2.36 bits per heavy atom. The predicted molar refractivity (Wildman–Crippen MR) is 91.4 cm³/mol. The fourth-order valence-electron chi connectivity index (χ4n) is 3.22. The van der Waals surface area contributed by atoms with Crippen LogP contribution in [0, 0.1) is 0 Å². The van der Waals surface area contributed by atoms with Crippen LogP contribution in [0.4, 0.5) is 0 Å². The molecule has 0 saturated carbocycles. The van der Waals surface area contributed by atoms with Crippen LogP contribution in [0.1, 0.15) is 23.7 Å². The number of carbonyl (C=O) groups excluding carboxylic acids is 2. The van der Waals surface area contributed by atoms with Crippen molar-refractivity contribution >= 4 is 33.8 Å². The molecule has 1 aromatic rings. The van der Waals surface area contributed by atoms with Gasteiger partial charge in [-0.1, -0.05) is 0 Å². The van der Waals surface area contributed by atoms with Crippen molar-refractivity contribution in [3.63, 3.8) is 0 Å². The second-order valence-electron chi connectivity index (χ2n) is 6.49. The van der Waals surface area contributed by atoms with Crippen molar-refractivity contribution in [2.24, 2.45) is 5.10 Å². The number of hydrogen-bond acceptors (Lipinski definition) is 9. The van der Waals surface area contributed by atoms with Crippen LogP contribution in [-0.2, 0) is 19.4 Å². The van der Waals surface area contributed by atoms with E-state index in [4.69, 9.17) is 0 Å². The van der Waals surface area contributed by atoms with Crippen molar-refractivity contribution in [1.82, 2.24) is 10.3 Å². The third-order valence-corrected chi connectivity index (χ3v) is 7.46. The third kappa shape index (κ3) is 2.54. The van der Waals surface area contributed by atoms with Gasteiger partial charge in [-0.15, -0.1) is 0 Å². The lowest BCUT2D eigenvalue weighted by Crippen LogP contribution is -2.57. The largest absolute Gasteiger partial charge is 0.504 e. The molecule has 150 valence electrons. The molecular weight excluding hydrogens is 398 g/mol. The van der Waals surface area contributed by atoms with Crippen LogP contribution < -0.4 is 5.43 Å². The summed E-state index contributed by atoms with van der Waals surface area (Å²) in [5.41, 5.74) is 1.64. The van der Waals surface area contributed by atoms with Crippen molar-refractivity contribution in [3.8, 4) is 17.2 Å². The van der Waals surface area contributed by atoms with E-state index in [1.165, 1.54) is 0 Å². The van der Waals surface area contributed by atoms with Gasteiger partial charge in [0.1, 0.15) is 10.1 Å². The van der Waals surface area contributed by atoms with Crippen molar-refractivity contribution < 1.29 is 43.2 Å². The van der Waals surface area contributed by atoms with Gasteiger partial charge in [0.2, 0.25) is 5.91 Å². The number of carboxylic acids is 1. The molecule has 0 radical (unpaired) electrons. The van der Waals surface area contributed by atoms with Crippen LogP contribution in [0.3, 0.4) is 0 Å². The summed E-state index contributed by atoms with van der Waals surface area (Å²) in [4.78, 5) is 36.1. The first kappa shape index (κ1) is 19.4. The molecule has 2 aliphatic rings. The lowest BCUT2D eigenvalue weighted by molar-refractivity contribution is -0.156. The van der Waals surface area contributed by atoms with Gasteiger partial charge < -0.3 is 25.3 Å². The second-order valence-corrected chi connectivity index (χ2v) is 9.01. The molecule has 13 heteroatoms. The molecule has 0 unspecified atom stereocenters. The van der Waals surface area contributed by atoms with Crippen molar-refractivity contribution in [3.05, 3.63) is 17.7 Å². The van der Waals surface area contributed by atoms with E-state index >= 15 is 0 Å². The molecule has 3 atom stereocenters. The quantitative estimate of drug-likeness (QED) is 0.173. The fraction of sp³-hybridized carbons (Fsp3) is 0.333. The SMILES string of the molecule is C[C@]1(/C=N/NC(=O)c2cc(O)c(O)c(O)c2)[C@H](C(=O)O)N2C(=O)C[C@H]2S1(=O)=O. The van der Waals surface area contributed by atoms with E-state index in [0.29, 0.717) is 0 Å². The summed E-state index contributed by atoms with van der Waals surface area (Å²) in [6.45, 7) is 1.08.